The molecular formula is C80H70N4. The molecule has 14 aromatic rings. The molecular weight excluding hydrogens is 1020 g/mol. The molecule has 16 rings (SSSR count). The van der Waals surface area contributed by atoms with Crippen LogP contribution in [-0.2, 0) is 25.7 Å². The van der Waals surface area contributed by atoms with Gasteiger partial charge >= 0.3 is 0 Å². The molecule has 2 aromatic heterocycles. The summed E-state index contributed by atoms with van der Waals surface area (Å²) >= 11 is 0. The van der Waals surface area contributed by atoms with Crippen LogP contribution in [0.15, 0.2) is 206 Å². The van der Waals surface area contributed by atoms with Crippen LogP contribution in [0.4, 0.5) is 34.1 Å². The van der Waals surface area contributed by atoms with Gasteiger partial charge in [0.05, 0.1) is 39.1 Å². The summed E-state index contributed by atoms with van der Waals surface area (Å²) in [7, 11) is 0. The van der Waals surface area contributed by atoms with E-state index in [-0.39, 0.29) is 11.8 Å². The molecule has 0 N–H and O–H groups in total. The van der Waals surface area contributed by atoms with E-state index in [9.17, 15) is 0 Å². The van der Waals surface area contributed by atoms with Gasteiger partial charge in [0, 0.05) is 60.8 Å². The molecule has 0 saturated carbocycles. The number of rotatable bonds is 10. The number of aryl methyl sites for hydroxylation is 4. The average molecular weight is 1090 g/mol. The van der Waals surface area contributed by atoms with Gasteiger partial charge in [-0.05, 0) is 210 Å². The second-order valence-electron chi connectivity index (χ2n) is 24.9. The van der Waals surface area contributed by atoms with Gasteiger partial charge in [0.1, 0.15) is 0 Å². The van der Waals surface area contributed by atoms with E-state index in [2.05, 4.69) is 267 Å². The summed E-state index contributed by atoms with van der Waals surface area (Å²) in [5.74, 6) is 0.500. The molecule has 0 atom stereocenters. The van der Waals surface area contributed by atoms with Crippen LogP contribution in [-0.4, -0.2) is 9.13 Å². The Kier molecular flexibility index (Phi) is 11.9. The molecule has 410 valence electrons. The number of fused-ring (bicyclic) bond motifs is 8. The van der Waals surface area contributed by atoms with Crippen LogP contribution in [0.3, 0.4) is 0 Å². The molecule has 0 spiro atoms. The first kappa shape index (κ1) is 50.6. The Balaban J connectivity index is 1.03. The maximum Gasteiger partial charge on any atom is 0.0782 e. The van der Waals surface area contributed by atoms with E-state index in [4.69, 9.17) is 0 Å². The number of benzene rings is 12. The maximum atomic E-state index is 2.72. The molecule has 84 heavy (non-hydrogen) atoms. The van der Waals surface area contributed by atoms with Gasteiger partial charge in [0.2, 0.25) is 0 Å². The van der Waals surface area contributed by atoms with E-state index in [1.165, 1.54) is 192 Å². The van der Waals surface area contributed by atoms with Crippen molar-refractivity contribution in [2.24, 2.45) is 0 Å². The summed E-state index contributed by atoms with van der Waals surface area (Å²) in [4.78, 5) is 5.40. The molecule has 0 unspecified atom stereocenters. The van der Waals surface area contributed by atoms with Gasteiger partial charge in [-0.3, -0.25) is 0 Å². The fourth-order valence-electron chi connectivity index (χ4n) is 15.5. The lowest BCUT2D eigenvalue weighted by Gasteiger charge is -2.34. The molecule has 0 bridgehead atoms. The van der Waals surface area contributed by atoms with Crippen molar-refractivity contribution in [1.29, 1.82) is 0 Å². The summed E-state index contributed by atoms with van der Waals surface area (Å²) in [5, 5.41) is 13.0. The van der Waals surface area contributed by atoms with Gasteiger partial charge < -0.3 is 18.9 Å². The van der Waals surface area contributed by atoms with E-state index in [0.717, 1.165) is 25.7 Å². The van der Waals surface area contributed by atoms with Crippen LogP contribution in [0.25, 0.3) is 87.3 Å². The van der Waals surface area contributed by atoms with Crippen molar-refractivity contribution in [2.75, 3.05) is 9.80 Å². The molecule has 0 saturated heterocycles. The monoisotopic (exact) mass is 1090 g/mol. The zero-order chi connectivity index (χ0) is 56.5. The standard InChI is InChI=1S/C80H70N4/c1-49(2)66-47-76(81(70-37-19-26-53-24-9-11-28-56(53)70)55-40-41-60-58-30-13-17-35-72(58)82(75(60)46-55)68-33-15-7-22-51(68)5)64-44-42-62-67(50(3)4)48-77(65-45-43-61(66)78(64)79(62)65)83(71-38-20-27-54-25-10-12-29-57(54)71)74-39-21-32-63-59-31-14-18-36-73(59)84(80(63)74)69-34-16-8-23-52(69)6/h7-8,13-23,26-27,30-50H,9-12,24-25,28-29H2,1-6H3. The highest BCUT2D eigenvalue weighted by atomic mass is 15.2. The van der Waals surface area contributed by atoms with Gasteiger partial charge in [0.15, 0.2) is 0 Å². The zero-order valence-electron chi connectivity index (χ0n) is 49.2. The van der Waals surface area contributed by atoms with Crippen LogP contribution in [0, 0.1) is 13.8 Å². The zero-order valence-corrected chi connectivity index (χ0v) is 49.2. The van der Waals surface area contributed by atoms with Crippen molar-refractivity contribution in [1.82, 2.24) is 9.13 Å². The maximum absolute atomic E-state index is 2.72. The summed E-state index contributed by atoms with van der Waals surface area (Å²) in [6.07, 6.45) is 9.14. The number of hydrogen-bond donors (Lipinski definition) is 0. The average Bonchev–Trinajstić information content (AvgIpc) is 0.908. The quantitative estimate of drug-likeness (QED) is 0.127. The fraction of sp³-hybridized carbons (Fsp3) is 0.200. The Morgan fingerprint density at radius 2 is 0.774 bits per heavy atom. The number of anilines is 6. The van der Waals surface area contributed by atoms with Crippen molar-refractivity contribution in [2.45, 2.75) is 105 Å². The van der Waals surface area contributed by atoms with Crippen LogP contribution in [0.5, 0.6) is 0 Å². The molecule has 4 heteroatoms. The molecule has 0 aliphatic heterocycles. The highest BCUT2D eigenvalue weighted by molar-refractivity contribution is 6.30. The number of nitrogens with zero attached hydrogens (tertiary/aromatic N) is 4. The summed E-state index contributed by atoms with van der Waals surface area (Å²) in [6, 6.07) is 79.6. The first-order valence-corrected chi connectivity index (χ1v) is 31.0. The first-order valence-electron chi connectivity index (χ1n) is 31.0. The second kappa shape index (κ2) is 19.8. The normalized spacial score (nSPS) is 13.7. The van der Waals surface area contributed by atoms with Crippen molar-refractivity contribution < 1.29 is 0 Å². The third-order valence-corrected chi connectivity index (χ3v) is 19.4. The smallest absolute Gasteiger partial charge is 0.0782 e. The topological polar surface area (TPSA) is 16.3 Å². The lowest BCUT2D eigenvalue weighted by atomic mass is 9.83. The molecule has 2 heterocycles. The van der Waals surface area contributed by atoms with Crippen molar-refractivity contribution >= 4 is 110 Å². The summed E-state index contributed by atoms with van der Waals surface area (Å²) in [5.41, 5.74) is 25.8. The Hall–Kier alpha value is -9.12. The predicted octanol–water partition coefficient (Wildman–Crippen LogP) is 22.3. The van der Waals surface area contributed by atoms with Gasteiger partial charge in [-0.1, -0.05) is 167 Å². The van der Waals surface area contributed by atoms with Gasteiger partial charge in [-0.2, -0.15) is 0 Å². The highest BCUT2D eigenvalue weighted by Crippen LogP contribution is 2.54. The SMILES string of the molecule is Cc1ccccc1-n1c2ccccc2c2ccc(N(c3cccc4c3CCCC4)c3cc(C(C)C)c4ccc5c(N(c6cccc7c6CCCC7)c6cccc7c8ccccc8n(-c8ccccc8C)c67)cc(C(C)C)c6ccc3c4c65)cc21. The van der Waals surface area contributed by atoms with Gasteiger partial charge in [-0.25, -0.2) is 0 Å². The van der Waals surface area contributed by atoms with E-state index in [1.807, 2.05) is 0 Å². The Morgan fingerprint density at radius 1 is 0.333 bits per heavy atom. The minimum atomic E-state index is 0.247. The predicted molar refractivity (Wildman–Crippen MR) is 359 cm³/mol. The van der Waals surface area contributed by atoms with E-state index >= 15 is 0 Å². The number of hydrogen-bond acceptors (Lipinski definition) is 2. The minimum absolute atomic E-state index is 0.247. The van der Waals surface area contributed by atoms with Crippen LogP contribution >= 0.6 is 0 Å². The molecule has 12 aromatic carbocycles. The van der Waals surface area contributed by atoms with E-state index < -0.39 is 0 Å². The number of aromatic nitrogens is 2. The highest BCUT2D eigenvalue weighted by Gasteiger charge is 2.31. The number of para-hydroxylation sites is 5. The first-order chi connectivity index (χ1) is 41.2. The molecule has 4 nitrogen and oxygen atoms in total. The molecule has 2 aliphatic carbocycles. The van der Waals surface area contributed by atoms with Gasteiger partial charge in [-0.15, -0.1) is 0 Å². The lowest BCUT2D eigenvalue weighted by molar-refractivity contribution is 0.686. The molecule has 0 amide bonds. The third-order valence-electron chi connectivity index (χ3n) is 19.4. The van der Waals surface area contributed by atoms with Crippen LogP contribution in [0.2, 0.25) is 0 Å². The summed E-state index contributed by atoms with van der Waals surface area (Å²) < 4.78 is 5.07. The van der Waals surface area contributed by atoms with Crippen LogP contribution in [0.1, 0.15) is 110 Å². The van der Waals surface area contributed by atoms with Crippen molar-refractivity contribution in [3.05, 3.63) is 251 Å². The van der Waals surface area contributed by atoms with Crippen molar-refractivity contribution in [3.8, 4) is 11.4 Å². The largest absolute Gasteiger partial charge is 0.309 e. The molecule has 0 radical (unpaired) electrons. The Labute approximate surface area is 493 Å². The van der Waals surface area contributed by atoms with Gasteiger partial charge in [0.25, 0.3) is 0 Å². The Morgan fingerprint density at radius 3 is 1.37 bits per heavy atom. The Bertz CT molecular complexity index is 4970. The van der Waals surface area contributed by atoms with E-state index in [1.54, 1.807) is 0 Å². The summed E-state index contributed by atoms with van der Waals surface area (Å²) in [6.45, 7) is 14.1. The molecule has 2 aliphatic rings. The fourth-order valence-corrected chi connectivity index (χ4v) is 15.5. The third kappa shape index (κ3) is 7.65. The lowest BCUT2D eigenvalue weighted by Crippen LogP contribution is -2.17. The van der Waals surface area contributed by atoms with E-state index in [0.29, 0.717) is 0 Å². The van der Waals surface area contributed by atoms with Crippen LogP contribution < -0.4 is 9.80 Å². The van der Waals surface area contributed by atoms with Crippen molar-refractivity contribution in [3.63, 3.8) is 0 Å². The second-order valence-corrected chi connectivity index (χ2v) is 24.9. The molecule has 0 fully saturated rings. The minimum Gasteiger partial charge on any atom is -0.309 e.